The lowest BCUT2D eigenvalue weighted by atomic mass is 9.98. The Morgan fingerprint density at radius 1 is 1.12 bits per heavy atom. The number of hydrogen-bond acceptors (Lipinski definition) is 6. The molecule has 1 aliphatic rings. The van der Waals surface area contributed by atoms with E-state index in [-0.39, 0.29) is 17.6 Å². The summed E-state index contributed by atoms with van der Waals surface area (Å²) in [7, 11) is -3.23. The van der Waals surface area contributed by atoms with E-state index >= 15 is 0 Å². The molecule has 0 aliphatic carbocycles. The van der Waals surface area contributed by atoms with Gasteiger partial charge in [0, 0.05) is 25.0 Å². The summed E-state index contributed by atoms with van der Waals surface area (Å²) in [6, 6.07) is 10.3. The van der Waals surface area contributed by atoms with Gasteiger partial charge in [0.2, 0.25) is 0 Å². The number of carbonyl (C=O) groups excluding carboxylic acids is 1. The van der Waals surface area contributed by atoms with E-state index < -0.39 is 15.4 Å². The molecule has 0 spiro atoms. The van der Waals surface area contributed by atoms with E-state index in [1.807, 2.05) is 39.8 Å². The number of benzene rings is 1. The predicted octanol–water partition coefficient (Wildman–Crippen LogP) is 4.40. The standard InChI is InChI=1S/C24H30N2O5S/c1-17-22(18-12-14-26(15-13-18)23(27)31-24(2,3)4)11-6-19(25-17)16-30-20-7-9-21(10-8-20)32(5,28)29/h6-12H,13-16H2,1-5H3. The Hall–Kier alpha value is -2.87. The molecule has 0 saturated carbocycles. The fraction of sp³-hybridized carbons (Fsp3) is 0.417. The molecule has 172 valence electrons. The van der Waals surface area contributed by atoms with E-state index in [9.17, 15) is 13.2 Å². The van der Waals surface area contributed by atoms with Crippen LogP contribution < -0.4 is 4.74 Å². The number of nitrogens with zero attached hydrogens (tertiary/aromatic N) is 2. The van der Waals surface area contributed by atoms with E-state index in [1.54, 1.807) is 17.0 Å². The Morgan fingerprint density at radius 3 is 2.34 bits per heavy atom. The first kappa shape index (κ1) is 23.8. The number of hydrogen-bond donors (Lipinski definition) is 0. The van der Waals surface area contributed by atoms with E-state index in [0.717, 1.165) is 23.4 Å². The minimum atomic E-state index is -3.23. The number of pyridine rings is 1. The second kappa shape index (κ2) is 9.32. The zero-order valence-corrected chi connectivity index (χ0v) is 20.0. The van der Waals surface area contributed by atoms with Crippen LogP contribution in [0.5, 0.6) is 5.75 Å². The molecule has 0 radical (unpaired) electrons. The number of sulfone groups is 1. The number of amides is 1. The van der Waals surface area contributed by atoms with Gasteiger partial charge in [-0.1, -0.05) is 12.1 Å². The van der Waals surface area contributed by atoms with E-state index in [4.69, 9.17) is 9.47 Å². The van der Waals surface area contributed by atoms with Crippen LogP contribution in [0.2, 0.25) is 0 Å². The van der Waals surface area contributed by atoms with E-state index in [0.29, 0.717) is 18.8 Å². The third-order valence-corrected chi connectivity index (χ3v) is 6.12. The Kier molecular flexibility index (Phi) is 6.93. The third-order valence-electron chi connectivity index (χ3n) is 4.99. The number of ether oxygens (including phenoxy) is 2. The van der Waals surface area contributed by atoms with Gasteiger partial charge in [0.15, 0.2) is 9.84 Å². The quantitative estimate of drug-likeness (QED) is 0.660. The molecule has 0 saturated heterocycles. The SMILES string of the molecule is Cc1nc(COc2ccc(S(C)(=O)=O)cc2)ccc1C1=CCN(C(=O)OC(C)(C)C)CC1. The lowest BCUT2D eigenvalue weighted by molar-refractivity contribution is 0.0270. The first-order valence-corrected chi connectivity index (χ1v) is 12.4. The fourth-order valence-corrected chi connectivity index (χ4v) is 4.01. The lowest BCUT2D eigenvalue weighted by Crippen LogP contribution is -2.39. The number of carbonyl (C=O) groups is 1. The van der Waals surface area contributed by atoms with E-state index in [2.05, 4.69) is 11.1 Å². The summed E-state index contributed by atoms with van der Waals surface area (Å²) in [5.41, 5.74) is 3.41. The van der Waals surface area contributed by atoms with Crippen LogP contribution >= 0.6 is 0 Å². The van der Waals surface area contributed by atoms with Crippen LogP contribution in [0.1, 0.15) is 44.1 Å². The average Bonchev–Trinajstić information content (AvgIpc) is 2.71. The van der Waals surface area contributed by atoms with Gasteiger partial charge in [0.25, 0.3) is 0 Å². The van der Waals surface area contributed by atoms with Crippen molar-refractivity contribution >= 4 is 21.5 Å². The highest BCUT2D eigenvalue weighted by Gasteiger charge is 2.24. The van der Waals surface area contributed by atoms with Crippen molar-refractivity contribution in [2.45, 2.75) is 51.2 Å². The smallest absolute Gasteiger partial charge is 0.410 e. The van der Waals surface area contributed by atoms with Gasteiger partial charge in [0.05, 0.1) is 10.6 Å². The highest BCUT2D eigenvalue weighted by atomic mass is 32.2. The van der Waals surface area contributed by atoms with Crippen LogP contribution in [0, 0.1) is 6.92 Å². The van der Waals surface area contributed by atoms with Crippen molar-refractivity contribution in [1.82, 2.24) is 9.88 Å². The van der Waals surface area contributed by atoms with Crippen molar-refractivity contribution in [2.75, 3.05) is 19.3 Å². The van der Waals surface area contributed by atoms with Gasteiger partial charge >= 0.3 is 6.09 Å². The molecule has 32 heavy (non-hydrogen) atoms. The Balaban J connectivity index is 1.61. The first-order chi connectivity index (χ1) is 14.9. The van der Waals surface area contributed by atoms with Gasteiger partial charge < -0.3 is 14.4 Å². The fourth-order valence-electron chi connectivity index (χ4n) is 3.38. The molecule has 0 fully saturated rings. The minimum Gasteiger partial charge on any atom is -0.487 e. The Morgan fingerprint density at radius 2 is 1.81 bits per heavy atom. The van der Waals surface area contributed by atoms with Gasteiger partial charge in [-0.25, -0.2) is 13.2 Å². The van der Waals surface area contributed by atoms with Crippen molar-refractivity contribution in [3.8, 4) is 5.75 Å². The number of aromatic nitrogens is 1. The molecule has 2 heterocycles. The van der Waals surface area contributed by atoms with Gasteiger partial charge in [-0.3, -0.25) is 4.98 Å². The Bertz CT molecular complexity index is 1120. The maximum atomic E-state index is 12.2. The second-order valence-corrected chi connectivity index (χ2v) is 10.9. The van der Waals surface area contributed by atoms with Crippen LogP contribution in [0.25, 0.3) is 5.57 Å². The van der Waals surface area contributed by atoms with Gasteiger partial charge in [0.1, 0.15) is 18.0 Å². The summed E-state index contributed by atoms with van der Waals surface area (Å²) in [5.74, 6) is 0.582. The molecule has 1 amide bonds. The van der Waals surface area contributed by atoms with Crippen molar-refractivity contribution in [3.05, 3.63) is 59.4 Å². The molecule has 0 atom stereocenters. The highest BCUT2D eigenvalue weighted by Crippen LogP contribution is 2.26. The number of rotatable bonds is 5. The summed E-state index contributed by atoms with van der Waals surface area (Å²) < 4.78 is 34.3. The maximum Gasteiger partial charge on any atom is 0.410 e. The molecule has 1 aromatic heterocycles. The molecule has 7 nitrogen and oxygen atoms in total. The Labute approximate surface area is 190 Å². The molecule has 2 aromatic rings. The maximum absolute atomic E-state index is 12.2. The molecule has 8 heteroatoms. The summed E-state index contributed by atoms with van der Waals surface area (Å²) in [6.07, 6.45) is 3.68. The average molecular weight is 459 g/mol. The van der Waals surface area contributed by atoms with Crippen LogP contribution in [0.3, 0.4) is 0 Å². The summed E-state index contributed by atoms with van der Waals surface area (Å²) in [5, 5.41) is 0. The van der Waals surface area contributed by atoms with E-state index in [1.165, 1.54) is 24.0 Å². The molecule has 0 bridgehead atoms. The first-order valence-electron chi connectivity index (χ1n) is 10.5. The van der Waals surface area contributed by atoms with Crippen LogP contribution in [0.15, 0.2) is 47.4 Å². The summed E-state index contributed by atoms with van der Waals surface area (Å²) in [6.45, 7) is 8.95. The van der Waals surface area contributed by atoms with Gasteiger partial charge in [-0.15, -0.1) is 0 Å². The molecule has 3 rings (SSSR count). The third kappa shape index (κ3) is 6.32. The highest BCUT2D eigenvalue weighted by molar-refractivity contribution is 7.90. The van der Waals surface area contributed by atoms with Crippen molar-refractivity contribution in [1.29, 1.82) is 0 Å². The zero-order chi connectivity index (χ0) is 23.5. The summed E-state index contributed by atoms with van der Waals surface area (Å²) >= 11 is 0. The lowest BCUT2D eigenvalue weighted by Gasteiger charge is -2.29. The van der Waals surface area contributed by atoms with Crippen molar-refractivity contribution in [2.24, 2.45) is 0 Å². The van der Waals surface area contributed by atoms with Crippen LogP contribution in [0.4, 0.5) is 4.79 Å². The molecule has 1 aromatic carbocycles. The zero-order valence-electron chi connectivity index (χ0n) is 19.2. The van der Waals surface area contributed by atoms with Crippen molar-refractivity contribution in [3.63, 3.8) is 0 Å². The normalized spacial score (nSPS) is 14.7. The molecule has 1 aliphatic heterocycles. The predicted molar refractivity (Wildman–Crippen MR) is 123 cm³/mol. The molecule has 0 unspecified atom stereocenters. The van der Waals surface area contributed by atoms with Gasteiger partial charge in [-0.05, 0) is 75.6 Å². The minimum absolute atomic E-state index is 0.258. The van der Waals surface area contributed by atoms with Crippen LogP contribution in [-0.2, 0) is 21.2 Å². The van der Waals surface area contributed by atoms with Crippen LogP contribution in [-0.4, -0.2) is 49.3 Å². The molecular weight excluding hydrogens is 428 g/mol. The molecule has 0 N–H and O–H groups in total. The van der Waals surface area contributed by atoms with Crippen molar-refractivity contribution < 1.29 is 22.7 Å². The largest absolute Gasteiger partial charge is 0.487 e. The van der Waals surface area contributed by atoms with Gasteiger partial charge in [-0.2, -0.15) is 0 Å². The second-order valence-electron chi connectivity index (χ2n) is 8.87. The molecular formula is C24H30N2O5S. The monoisotopic (exact) mass is 458 g/mol. The topological polar surface area (TPSA) is 85.8 Å². The number of aryl methyl sites for hydroxylation is 1. The summed E-state index contributed by atoms with van der Waals surface area (Å²) in [4.78, 5) is 18.9.